The number of amides is 1. The fourth-order valence-electron chi connectivity index (χ4n) is 4.00. The van der Waals surface area contributed by atoms with Crippen molar-refractivity contribution in [2.75, 3.05) is 23.7 Å². The first-order valence-corrected chi connectivity index (χ1v) is 12.5. The molecule has 1 unspecified atom stereocenters. The van der Waals surface area contributed by atoms with Gasteiger partial charge in [-0.25, -0.2) is 8.42 Å². The van der Waals surface area contributed by atoms with Crippen molar-refractivity contribution >= 4 is 21.6 Å². The molecule has 0 spiro atoms. The smallest absolute Gasteiger partial charge is 0.350 e. The van der Waals surface area contributed by atoms with E-state index in [1.807, 2.05) is 24.3 Å². The predicted octanol–water partition coefficient (Wildman–Crippen LogP) is 3.77. The van der Waals surface area contributed by atoms with E-state index in [0.29, 0.717) is 4.31 Å². The SMILES string of the molecule is CC(C(=O)NCc1cccc(CN2CCCC2)c1)N(c1cccc(C(F)(F)F)c1)S(C)(=O)=O. The molecule has 0 aromatic heterocycles. The van der Waals surface area contributed by atoms with Gasteiger partial charge in [-0.15, -0.1) is 0 Å². The monoisotopic (exact) mass is 483 g/mol. The standard InChI is InChI=1S/C23H28F3N3O3S/c1-17(29(33(2,31)32)21-10-6-9-20(14-21)23(24,25)26)22(30)27-15-18-7-5-8-19(13-18)16-28-11-3-4-12-28/h5-10,13-14,17H,3-4,11-12,15-16H2,1-2H3,(H,27,30). The lowest BCUT2D eigenvalue weighted by atomic mass is 10.1. The number of nitrogens with one attached hydrogen (secondary N) is 1. The van der Waals surface area contributed by atoms with Crippen molar-refractivity contribution in [1.29, 1.82) is 0 Å². The Morgan fingerprint density at radius 2 is 1.73 bits per heavy atom. The number of halogens is 3. The van der Waals surface area contributed by atoms with Gasteiger partial charge in [-0.3, -0.25) is 14.0 Å². The molecule has 1 N–H and O–H groups in total. The fraction of sp³-hybridized carbons (Fsp3) is 0.435. The van der Waals surface area contributed by atoms with Crippen LogP contribution in [0, 0.1) is 0 Å². The van der Waals surface area contributed by atoms with E-state index >= 15 is 0 Å². The molecule has 1 aliphatic rings. The normalized spacial score (nSPS) is 15.9. The van der Waals surface area contributed by atoms with Crippen molar-refractivity contribution in [3.63, 3.8) is 0 Å². The number of benzene rings is 2. The van der Waals surface area contributed by atoms with E-state index < -0.39 is 33.7 Å². The highest BCUT2D eigenvalue weighted by Crippen LogP contribution is 2.32. The van der Waals surface area contributed by atoms with Gasteiger partial charge in [0.1, 0.15) is 6.04 Å². The van der Waals surface area contributed by atoms with Gasteiger partial charge in [-0.05, 0) is 62.2 Å². The average molecular weight is 484 g/mol. The number of sulfonamides is 1. The van der Waals surface area contributed by atoms with Crippen LogP contribution in [0.2, 0.25) is 0 Å². The molecular formula is C23H28F3N3O3S. The number of alkyl halides is 3. The average Bonchev–Trinajstić information content (AvgIpc) is 3.24. The summed E-state index contributed by atoms with van der Waals surface area (Å²) < 4.78 is 64.8. The zero-order chi connectivity index (χ0) is 24.2. The Bertz CT molecular complexity index is 1080. The second-order valence-electron chi connectivity index (χ2n) is 8.30. The van der Waals surface area contributed by atoms with Gasteiger partial charge in [0, 0.05) is 13.1 Å². The topological polar surface area (TPSA) is 69.7 Å². The largest absolute Gasteiger partial charge is 0.416 e. The van der Waals surface area contributed by atoms with Crippen LogP contribution in [0.5, 0.6) is 0 Å². The molecule has 2 aromatic carbocycles. The van der Waals surface area contributed by atoms with Gasteiger partial charge in [-0.2, -0.15) is 13.2 Å². The van der Waals surface area contributed by atoms with Crippen LogP contribution < -0.4 is 9.62 Å². The molecule has 0 bridgehead atoms. The highest BCUT2D eigenvalue weighted by molar-refractivity contribution is 7.92. The number of nitrogens with zero attached hydrogens (tertiary/aromatic N) is 2. The van der Waals surface area contributed by atoms with Crippen molar-refractivity contribution in [1.82, 2.24) is 10.2 Å². The van der Waals surface area contributed by atoms with Crippen LogP contribution >= 0.6 is 0 Å². The van der Waals surface area contributed by atoms with Gasteiger partial charge >= 0.3 is 6.18 Å². The predicted molar refractivity (Wildman–Crippen MR) is 121 cm³/mol. The summed E-state index contributed by atoms with van der Waals surface area (Å²) in [5, 5.41) is 2.71. The van der Waals surface area contributed by atoms with E-state index in [4.69, 9.17) is 0 Å². The minimum absolute atomic E-state index is 0.178. The van der Waals surface area contributed by atoms with Crippen LogP contribution in [0.4, 0.5) is 18.9 Å². The van der Waals surface area contributed by atoms with Crippen molar-refractivity contribution in [2.45, 2.75) is 45.1 Å². The lowest BCUT2D eigenvalue weighted by molar-refractivity contribution is -0.137. The molecule has 1 amide bonds. The molecule has 0 aliphatic carbocycles. The lowest BCUT2D eigenvalue weighted by Gasteiger charge is -2.28. The number of carbonyl (C=O) groups is 1. The lowest BCUT2D eigenvalue weighted by Crippen LogP contribution is -2.47. The summed E-state index contributed by atoms with van der Waals surface area (Å²) in [6.07, 6.45) is -1.39. The Labute approximate surface area is 192 Å². The number of carbonyl (C=O) groups excluding carboxylic acids is 1. The number of hydrogen-bond donors (Lipinski definition) is 1. The highest BCUT2D eigenvalue weighted by atomic mass is 32.2. The third-order valence-electron chi connectivity index (χ3n) is 5.58. The molecule has 1 aliphatic heterocycles. The molecule has 180 valence electrons. The molecule has 1 heterocycles. The van der Waals surface area contributed by atoms with E-state index in [9.17, 15) is 26.4 Å². The molecule has 0 saturated carbocycles. The summed E-state index contributed by atoms with van der Waals surface area (Å²) in [6.45, 7) is 4.48. The molecule has 1 fully saturated rings. The van der Waals surface area contributed by atoms with Crippen molar-refractivity contribution in [3.8, 4) is 0 Å². The minimum atomic E-state index is -4.63. The third kappa shape index (κ3) is 6.70. The van der Waals surface area contributed by atoms with Crippen LogP contribution in [-0.4, -0.2) is 44.6 Å². The fourth-order valence-corrected chi connectivity index (χ4v) is 5.17. The molecule has 6 nitrogen and oxygen atoms in total. The molecule has 1 atom stereocenters. The Morgan fingerprint density at radius 3 is 2.36 bits per heavy atom. The van der Waals surface area contributed by atoms with Crippen molar-refractivity contribution in [2.24, 2.45) is 0 Å². The summed E-state index contributed by atoms with van der Waals surface area (Å²) in [5.74, 6) is -0.609. The van der Waals surface area contributed by atoms with Crippen LogP contribution in [0.25, 0.3) is 0 Å². The summed E-state index contributed by atoms with van der Waals surface area (Å²) in [6, 6.07) is 10.5. The van der Waals surface area contributed by atoms with Gasteiger partial charge in [0.05, 0.1) is 17.5 Å². The summed E-state index contributed by atoms with van der Waals surface area (Å²) in [7, 11) is -4.03. The third-order valence-corrected chi connectivity index (χ3v) is 6.82. The molecular weight excluding hydrogens is 455 g/mol. The molecule has 10 heteroatoms. The Hall–Kier alpha value is -2.59. The van der Waals surface area contributed by atoms with Crippen LogP contribution in [0.15, 0.2) is 48.5 Å². The minimum Gasteiger partial charge on any atom is -0.350 e. The summed E-state index contributed by atoms with van der Waals surface area (Å²) in [4.78, 5) is 15.1. The molecule has 2 aromatic rings. The van der Waals surface area contributed by atoms with Gasteiger partial charge in [0.15, 0.2) is 0 Å². The first-order valence-electron chi connectivity index (χ1n) is 10.7. The Morgan fingerprint density at radius 1 is 1.09 bits per heavy atom. The van der Waals surface area contributed by atoms with Crippen LogP contribution in [0.1, 0.15) is 36.5 Å². The quantitative estimate of drug-likeness (QED) is 0.621. The highest BCUT2D eigenvalue weighted by Gasteiger charge is 2.34. The first-order chi connectivity index (χ1) is 15.4. The van der Waals surface area contributed by atoms with E-state index in [2.05, 4.69) is 10.2 Å². The number of likely N-dealkylation sites (tertiary alicyclic amines) is 1. The van der Waals surface area contributed by atoms with E-state index in [-0.39, 0.29) is 12.2 Å². The zero-order valence-electron chi connectivity index (χ0n) is 18.6. The number of rotatable bonds is 8. The zero-order valence-corrected chi connectivity index (χ0v) is 19.4. The second-order valence-corrected chi connectivity index (χ2v) is 10.2. The van der Waals surface area contributed by atoms with E-state index in [1.165, 1.54) is 25.8 Å². The maximum atomic E-state index is 13.1. The second kappa shape index (κ2) is 10.1. The van der Waals surface area contributed by atoms with Crippen molar-refractivity contribution < 1.29 is 26.4 Å². The van der Waals surface area contributed by atoms with Crippen molar-refractivity contribution in [3.05, 3.63) is 65.2 Å². The van der Waals surface area contributed by atoms with E-state index in [0.717, 1.165) is 55.2 Å². The van der Waals surface area contributed by atoms with Gasteiger partial charge in [0.2, 0.25) is 15.9 Å². The summed E-state index contributed by atoms with van der Waals surface area (Å²) >= 11 is 0. The summed E-state index contributed by atoms with van der Waals surface area (Å²) in [5.41, 5.74) is 0.773. The van der Waals surface area contributed by atoms with Crippen LogP contribution in [0.3, 0.4) is 0 Å². The number of anilines is 1. The molecule has 33 heavy (non-hydrogen) atoms. The van der Waals surface area contributed by atoms with Crippen LogP contribution in [-0.2, 0) is 34.1 Å². The van der Waals surface area contributed by atoms with Gasteiger partial charge < -0.3 is 5.32 Å². The van der Waals surface area contributed by atoms with Gasteiger partial charge in [-0.1, -0.05) is 30.3 Å². The Kier molecular flexibility index (Phi) is 7.69. The van der Waals surface area contributed by atoms with E-state index in [1.54, 1.807) is 0 Å². The number of hydrogen-bond acceptors (Lipinski definition) is 4. The maximum absolute atomic E-state index is 13.1. The van der Waals surface area contributed by atoms with Gasteiger partial charge in [0.25, 0.3) is 0 Å². The maximum Gasteiger partial charge on any atom is 0.416 e. The molecule has 3 rings (SSSR count). The molecule has 1 saturated heterocycles. The Balaban J connectivity index is 1.72. The molecule has 0 radical (unpaired) electrons. The first kappa shape index (κ1) is 25.0.